The first-order valence-corrected chi connectivity index (χ1v) is 7.47. The minimum absolute atomic E-state index is 0.0490. The molecule has 0 fully saturated rings. The van der Waals surface area contributed by atoms with Crippen molar-refractivity contribution in [3.05, 3.63) is 51.3 Å². The number of carbonyl (C=O) groups is 1. The smallest absolute Gasteiger partial charge is 0.438 e. The molecule has 22 heavy (non-hydrogen) atoms. The van der Waals surface area contributed by atoms with Crippen LogP contribution in [-0.2, 0) is 11.3 Å². The Bertz CT molecular complexity index is 802. The van der Waals surface area contributed by atoms with Crippen molar-refractivity contribution in [2.24, 2.45) is 0 Å². The Kier molecular flexibility index (Phi) is 3.92. The number of aromatic nitrogens is 2. The third-order valence-electron chi connectivity index (χ3n) is 3.06. The van der Waals surface area contributed by atoms with Gasteiger partial charge in [0, 0.05) is 4.88 Å². The van der Waals surface area contributed by atoms with Crippen LogP contribution in [0.25, 0.3) is 11.7 Å². The van der Waals surface area contributed by atoms with Gasteiger partial charge in [-0.25, -0.2) is 4.79 Å². The number of amides is 1. The summed E-state index contributed by atoms with van der Waals surface area (Å²) >= 11 is 1.55. The summed E-state index contributed by atoms with van der Waals surface area (Å²) in [4.78, 5) is 25.0. The number of carbonyl (C=O) groups excluding carboxylic acids is 1. The number of thiophene rings is 1. The van der Waals surface area contributed by atoms with E-state index in [1.165, 1.54) is 6.26 Å². The predicted octanol–water partition coefficient (Wildman–Crippen LogP) is 2.04. The third-order valence-corrected chi connectivity index (χ3v) is 3.94. The summed E-state index contributed by atoms with van der Waals surface area (Å²) in [5.41, 5.74) is 0. The van der Waals surface area contributed by atoms with E-state index in [4.69, 9.17) is 8.83 Å². The normalized spacial score (nSPS) is 12.2. The van der Waals surface area contributed by atoms with Crippen LogP contribution in [0.2, 0.25) is 0 Å². The van der Waals surface area contributed by atoms with Crippen LogP contribution in [-0.4, -0.2) is 15.7 Å². The Morgan fingerprint density at radius 1 is 1.45 bits per heavy atom. The molecule has 1 amide bonds. The molecule has 8 heteroatoms. The number of nitrogens with one attached hydrogen (secondary N) is 1. The molecule has 3 heterocycles. The van der Waals surface area contributed by atoms with Crippen LogP contribution in [0.1, 0.15) is 17.8 Å². The number of hydrogen-bond acceptors (Lipinski definition) is 6. The van der Waals surface area contributed by atoms with Gasteiger partial charge in [0.05, 0.1) is 12.8 Å². The van der Waals surface area contributed by atoms with E-state index < -0.39 is 11.8 Å². The molecule has 0 aliphatic carbocycles. The van der Waals surface area contributed by atoms with Crippen molar-refractivity contribution >= 4 is 17.2 Å². The first-order valence-electron chi connectivity index (χ1n) is 6.59. The summed E-state index contributed by atoms with van der Waals surface area (Å²) in [7, 11) is 0. The summed E-state index contributed by atoms with van der Waals surface area (Å²) in [6, 6.07) is 6.34. The van der Waals surface area contributed by atoms with Crippen LogP contribution in [0.5, 0.6) is 0 Å². The van der Waals surface area contributed by atoms with Crippen molar-refractivity contribution in [2.45, 2.75) is 19.5 Å². The second-order valence-electron chi connectivity index (χ2n) is 4.57. The fourth-order valence-corrected chi connectivity index (χ4v) is 2.52. The topological polar surface area (TPSA) is 90.3 Å². The highest BCUT2D eigenvalue weighted by atomic mass is 32.1. The molecule has 0 aromatic carbocycles. The van der Waals surface area contributed by atoms with E-state index in [1.54, 1.807) is 30.4 Å². The van der Waals surface area contributed by atoms with Crippen molar-refractivity contribution in [2.75, 3.05) is 0 Å². The fraction of sp³-hybridized carbons (Fsp3) is 0.214. The minimum atomic E-state index is -0.778. The van der Waals surface area contributed by atoms with E-state index in [-0.39, 0.29) is 11.8 Å². The largest absolute Gasteiger partial charge is 0.459 e. The molecule has 1 N–H and O–H groups in total. The first kappa shape index (κ1) is 14.3. The lowest BCUT2D eigenvalue weighted by atomic mass is 10.3. The molecular formula is C14H13N3O4S. The molecule has 3 aromatic heterocycles. The number of furan rings is 1. The van der Waals surface area contributed by atoms with Gasteiger partial charge < -0.3 is 14.2 Å². The van der Waals surface area contributed by atoms with Crippen LogP contribution < -0.4 is 11.1 Å². The van der Waals surface area contributed by atoms with Gasteiger partial charge in [-0.15, -0.1) is 16.4 Å². The molecule has 0 unspecified atom stereocenters. The highest BCUT2D eigenvalue weighted by Crippen LogP contribution is 2.16. The first-order chi connectivity index (χ1) is 10.6. The predicted molar refractivity (Wildman–Crippen MR) is 79.3 cm³/mol. The molecule has 0 bridgehead atoms. The zero-order valence-electron chi connectivity index (χ0n) is 11.7. The Morgan fingerprint density at radius 3 is 3.00 bits per heavy atom. The number of hydrogen-bond donors (Lipinski definition) is 1. The summed E-state index contributed by atoms with van der Waals surface area (Å²) in [5, 5.41) is 8.70. The van der Waals surface area contributed by atoms with Gasteiger partial charge in [0.25, 0.3) is 5.89 Å². The highest BCUT2D eigenvalue weighted by molar-refractivity contribution is 7.09. The Balaban J connectivity index is 1.73. The van der Waals surface area contributed by atoms with E-state index >= 15 is 0 Å². The van der Waals surface area contributed by atoms with E-state index in [0.29, 0.717) is 12.3 Å². The molecule has 0 aliphatic rings. The molecule has 0 aliphatic heterocycles. The van der Waals surface area contributed by atoms with Gasteiger partial charge in [0.2, 0.25) is 5.91 Å². The van der Waals surface area contributed by atoms with Crippen molar-refractivity contribution in [3.63, 3.8) is 0 Å². The Labute approximate surface area is 129 Å². The average molecular weight is 319 g/mol. The molecule has 0 radical (unpaired) electrons. The molecule has 0 spiro atoms. The van der Waals surface area contributed by atoms with Crippen molar-refractivity contribution < 1.29 is 13.6 Å². The van der Waals surface area contributed by atoms with Gasteiger partial charge >= 0.3 is 5.76 Å². The quantitative estimate of drug-likeness (QED) is 0.777. The lowest BCUT2D eigenvalue weighted by Gasteiger charge is -2.09. The van der Waals surface area contributed by atoms with Crippen molar-refractivity contribution in [1.82, 2.24) is 15.1 Å². The van der Waals surface area contributed by atoms with Crippen molar-refractivity contribution in [3.8, 4) is 11.7 Å². The maximum absolute atomic E-state index is 12.1. The molecule has 1 atom stereocenters. The van der Waals surface area contributed by atoms with Crippen LogP contribution in [0.3, 0.4) is 0 Å². The summed E-state index contributed by atoms with van der Waals surface area (Å²) in [6.07, 6.45) is 1.45. The summed E-state index contributed by atoms with van der Waals surface area (Å²) in [6.45, 7) is 2.00. The van der Waals surface area contributed by atoms with E-state index in [9.17, 15) is 9.59 Å². The number of nitrogens with zero attached hydrogens (tertiary/aromatic N) is 2. The Hall–Kier alpha value is -2.61. The highest BCUT2D eigenvalue weighted by Gasteiger charge is 2.22. The van der Waals surface area contributed by atoms with E-state index in [1.807, 2.05) is 17.5 Å². The molecule has 7 nitrogen and oxygen atoms in total. The minimum Gasteiger partial charge on any atom is -0.459 e. The third kappa shape index (κ3) is 2.86. The fourth-order valence-electron chi connectivity index (χ4n) is 1.88. The Morgan fingerprint density at radius 2 is 2.32 bits per heavy atom. The summed E-state index contributed by atoms with van der Waals surface area (Å²) < 4.78 is 11.1. The van der Waals surface area contributed by atoms with Crippen LogP contribution in [0.4, 0.5) is 0 Å². The van der Waals surface area contributed by atoms with Gasteiger partial charge in [-0.3, -0.25) is 4.79 Å². The molecule has 3 aromatic rings. The summed E-state index contributed by atoms with van der Waals surface area (Å²) in [5.74, 6) is -0.630. The second-order valence-corrected chi connectivity index (χ2v) is 5.60. The monoisotopic (exact) mass is 319 g/mol. The molecule has 3 rings (SSSR count). The van der Waals surface area contributed by atoms with Gasteiger partial charge in [0.1, 0.15) is 6.04 Å². The number of rotatable bonds is 5. The van der Waals surface area contributed by atoms with Gasteiger partial charge in [-0.1, -0.05) is 6.07 Å². The maximum atomic E-state index is 12.1. The maximum Gasteiger partial charge on any atom is 0.438 e. The lowest BCUT2D eigenvalue weighted by molar-refractivity contribution is -0.124. The molecule has 0 saturated heterocycles. The van der Waals surface area contributed by atoms with Crippen LogP contribution in [0.15, 0.2) is 49.5 Å². The molecule has 0 saturated carbocycles. The van der Waals surface area contributed by atoms with Crippen molar-refractivity contribution in [1.29, 1.82) is 0 Å². The van der Waals surface area contributed by atoms with Crippen LogP contribution >= 0.6 is 11.3 Å². The molecular weight excluding hydrogens is 306 g/mol. The standard InChI is InChI=1S/C14H13N3O4S/c1-9(12(18)15-8-10-4-3-7-22-10)17-14(19)21-13(16-17)11-5-2-6-20-11/h2-7,9H,8H2,1H3,(H,15,18)/t9-/m1/s1. The van der Waals surface area contributed by atoms with Gasteiger partial charge in [-0.2, -0.15) is 4.68 Å². The van der Waals surface area contributed by atoms with Gasteiger partial charge in [-0.05, 0) is 30.5 Å². The lowest BCUT2D eigenvalue weighted by Crippen LogP contribution is -2.34. The van der Waals surface area contributed by atoms with E-state index in [0.717, 1.165) is 9.56 Å². The SMILES string of the molecule is C[C@H](C(=O)NCc1cccs1)n1nc(-c2ccco2)oc1=O. The second kappa shape index (κ2) is 6.02. The van der Waals surface area contributed by atoms with E-state index in [2.05, 4.69) is 10.4 Å². The zero-order valence-corrected chi connectivity index (χ0v) is 12.5. The van der Waals surface area contributed by atoms with Gasteiger partial charge in [0.15, 0.2) is 5.76 Å². The molecule has 114 valence electrons. The zero-order chi connectivity index (χ0) is 15.5. The average Bonchev–Trinajstić information content (AvgIpc) is 3.24. The van der Waals surface area contributed by atoms with Crippen LogP contribution in [0, 0.1) is 0 Å².